The highest BCUT2D eigenvalue weighted by atomic mass is 16.6. The van der Waals surface area contributed by atoms with Crippen LogP contribution in [0.25, 0.3) is 10.9 Å². The number of nitrogens with one attached hydrogen (secondary N) is 2. The maximum atomic E-state index is 12.6. The summed E-state index contributed by atoms with van der Waals surface area (Å²) < 4.78 is 0. The van der Waals surface area contributed by atoms with Crippen molar-refractivity contribution in [3.8, 4) is 12.3 Å². The van der Waals surface area contributed by atoms with Crippen LogP contribution in [0.15, 0.2) is 47.3 Å². The molecule has 0 bridgehead atoms. The Hall–Kier alpha value is -4.19. The van der Waals surface area contributed by atoms with Crippen molar-refractivity contribution in [3.05, 3.63) is 68.5 Å². The number of terminal acetylenes is 1. The summed E-state index contributed by atoms with van der Waals surface area (Å²) in [7, 11) is 0. The fourth-order valence-corrected chi connectivity index (χ4v) is 2.99. The normalized spacial score (nSPS) is 11.1. The quantitative estimate of drug-likeness (QED) is 0.349. The Morgan fingerprint density at radius 2 is 1.94 bits per heavy atom. The van der Waals surface area contributed by atoms with Gasteiger partial charge in [0.05, 0.1) is 22.4 Å². The minimum atomic E-state index is -0.629. The lowest BCUT2D eigenvalue weighted by molar-refractivity contribution is -0.384. The molecular weight excluding hydrogens is 410 g/mol. The number of carbonyl (C=O) groups is 1. The van der Waals surface area contributed by atoms with E-state index < -0.39 is 10.3 Å². The van der Waals surface area contributed by atoms with Crippen molar-refractivity contribution < 1.29 is 9.72 Å². The first-order chi connectivity index (χ1) is 15.1. The molecule has 0 fully saturated rings. The SMILES string of the molecule is C#CCN(Cc1ccc2nc(NC(=O)C(C)(C)C)[nH]c(=O)c2c1)c1ccc([N+](=O)[O-])cc1. The molecule has 32 heavy (non-hydrogen) atoms. The van der Waals surface area contributed by atoms with Gasteiger partial charge in [0.1, 0.15) is 0 Å². The number of hydrogen-bond acceptors (Lipinski definition) is 6. The molecule has 0 unspecified atom stereocenters. The van der Waals surface area contributed by atoms with E-state index in [1.54, 1.807) is 45.0 Å². The molecule has 3 rings (SSSR count). The van der Waals surface area contributed by atoms with Crippen molar-refractivity contribution in [1.29, 1.82) is 0 Å². The van der Waals surface area contributed by atoms with Crippen molar-refractivity contribution in [1.82, 2.24) is 9.97 Å². The first-order valence-corrected chi connectivity index (χ1v) is 9.86. The topological polar surface area (TPSA) is 121 Å². The molecule has 2 N–H and O–H groups in total. The lowest BCUT2D eigenvalue weighted by Gasteiger charge is -2.22. The number of nitro groups is 1. The van der Waals surface area contributed by atoms with E-state index >= 15 is 0 Å². The van der Waals surface area contributed by atoms with Gasteiger partial charge in [-0.3, -0.25) is 30.0 Å². The van der Waals surface area contributed by atoms with Crippen molar-refractivity contribution >= 4 is 34.1 Å². The summed E-state index contributed by atoms with van der Waals surface area (Å²) in [6.07, 6.45) is 5.50. The maximum Gasteiger partial charge on any atom is 0.269 e. The number of hydrogen-bond donors (Lipinski definition) is 2. The third kappa shape index (κ3) is 5.10. The molecule has 2 aromatic carbocycles. The predicted molar refractivity (Wildman–Crippen MR) is 123 cm³/mol. The second-order valence-corrected chi connectivity index (χ2v) is 8.30. The van der Waals surface area contributed by atoms with Crippen molar-refractivity contribution in [2.24, 2.45) is 5.41 Å². The first kappa shape index (κ1) is 22.5. The van der Waals surface area contributed by atoms with Gasteiger partial charge >= 0.3 is 0 Å². The average molecular weight is 433 g/mol. The zero-order valence-electron chi connectivity index (χ0n) is 18.0. The van der Waals surface area contributed by atoms with E-state index in [-0.39, 0.29) is 29.6 Å². The molecule has 1 aromatic heterocycles. The van der Waals surface area contributed by atoms with Crippen LogP contribution in [0.4, 0.5) is 17.3 Å². The molecule has 3 aromatic rings. The lowest BCUT2D eigenvalue weighted by Crippen LogP contribution is -2.29. The molecule has 164 valence electrons. The highest BCUT2D eigenvalue weighted by Gasteiger charge is 2.22. The number of nitro benzene ring substituents is 1. The Kier molecular flexibility index (Phi) is 6.25. The fraction of sp³-hybridized carbons (Fsp3) is 0.261. The summed E-state index contributed by atoms with van der Waals surface area (Å²) in [6.45, 7) is 5.96. The molecule has 0 aliphatic rings. The second-order valence-electron chi connectivity index (χ2n) is 8.30. The van der Waals surface area contributed by atoms with Gasteiger partial charge in [-0.05, 0) is 29.8 Å². The standard InChI is InChI=1S/C23H23N5O4/c1-5-12-27(16-7-9-17(10-8-16)28(31)32)14-15-6-11-19-18(13-15)20(29)25-22(24-19)26-21(30)23(2,3)4/h1,6-11,13H,12,14H2,2-4H3,(H2,24,25,26,29,30). The summed E-state index contributed by atoms with van der Waals surface area (Å²) in [4.78, 5) is 44.0. The molecule has 0 saturated heterocycles. The summed E-state index contributed by atoms with van der Waals surface area (Å²) in [5.41, 5.74) is 0.966. The Morgan fingerprint density at radius 1 is 1.25 bits per heavy atom. The molecule has 0 aliphatic carbocycles. The summed E-state index contributed by atoms with van der Waals surface area (Å²) >= 11 is 0. The molecule has 9 nitrogen and oxygen atoms in total. The average Bonchev–Trinajstić information content (AvgIpc) is 2.73. The van der Waals surface area contributed by atoms with Gasteiger partial charge in [0.15, 0.2) is 0 Å². The van der Waals surface area contributed by atoms with Crippen LogP contribution in [0.5, 0.6) is 0 Å². The van der Waals surface area contributed by atoms with E-state index in [9.17, 15) is 19.7 Å². The van der Waals surface area contributed by atoms with E-state index in [0.29, 0.717) is 17.4 Å². The van der Waals surface area contributed by atoms with Crippen LogP contribution in [0, 0.1) is 27.9 Å². The third-order valence-electron chi connectivity index (χ3n) is 4.76. The number of benzene rings is 2. The minimum Gasteiger partial charge on any atom is -0.356 e. The maximum absolute atomic E-state index is 12.6. The summed E-state index contributed by atoms with van der Waals surface area (Å²) in [5, 5.41) is 13.9. The summed E-state index contributed by atoms with van der Waals surface area (Å²) in [6, 6.07) is 11.3. The van der Waals surface area contributed by atoms with Crippen molar-refractivity contribution in [3.63, 3.8) is 0 Å². The number of rotatable bonds is 6. The molecule has 0 atom stereocenters. The smallest absolute Gasteiger partial charge is 0.269 e. The Morgan fingerprint density at radius 3 is 2.53 bits per heavy atom. The summed E-state index contributed by atoms with van der Waals surface area (Å²) in [5.74, 6) is 2.41. The Labute approximate surface area is 184 Å². The van der Waals surface area contributed by atoms with E-state index in [1.165, 1.54) is 12.1 Å². The van der Waals surface area contributed by atoms with E-state index in [0.717, 1.165) is 11.3 Å². The van der Waals surface area contributed by atoms with Crippen LogP contribution < -0.4 is 15.8 Å². The van der Waals surface area contributed by atoms with Crippen molar-refractivity contribution in [2.75, 3.05) is 16.8 Å². The number of amides is 1. The highest BCUT2D eigenvalue weighted by Crippen LogP contribution is 2.22. The Balaban J connectivity index is 1.88. The van der Waals surface area contributed by atoms with Gasteiger partial charge in [-0.1, -0.05) is 32.8 Å². The van der Waals surface area contributed by atoms with E-state index in [4.69, 9.17) is 6.42 Å². The fourth-order valence-electron chi connectivity index (χ4n) is 2.99. The van der Waals surface area contributed by atoms with Crippen LogP contribution in [-0.4, -0.2) is 27.3 Å². The van der Waals surface area contributed by atoms with Gasteiger partial charge < -0.3 is 4.90 Å². The Bertz CT molecular complexity index is 1270. The van der Waals surface area contributed by atoms with Crippen LogP contribution in [0.2, 0.25) is 0 Å². The molecule has 1 heterocycles. The van der Waals surface area contributed by atoms with Crippen LogP contribution in [0.1, 0.15) is 26.3 Å². The lowest BCUT2D eigenvalue weighted by atomic mass is 9.96. The number of carbonyl (C=O) groups excluding carboxylic acids is 1. The number of fused-ring (bicyclic) bond motifs is 1. The zero-order valence-corrected chi connectivity index (χ0v) is 18.0. The molecule has 0 spiro atoms. The number of H-pyrrole nitrogens is 1. The minimum absolute atomic E-state index is 0.00734. The monoisotopic (exact) mass is 433 g/mol. The van der Waals surface area contributed by atoms with Gasteiger partial charge in [0.25, 0.3) is 11.2 Å². The van der Waals surface area contributed by atoms with Crippen LogP contribution >= 0.6 is 0 Å². The molecule has 1 amide bonds. The van der Waals surface area contributed by atoms with Crippen LogP contribution in [-0.2, 0) is 11.3 Å². The number of non-ortho nitro benzene ring substituents is 1. The zero-order chi connectivity index (χ0) is 23.5. The molecule has 0 aliphatic heterocycles. The number of aromatic amines is 1. The number of anilines is 2. The molecule has 0 radical (unpaired) electrons. The highest BCUT2D eigenvalue weighted by molar-refractivity contribution is 5.93. The number of aromatic nitrogens is 2. The predicted octanol–water partition coefficient (Wildman–Crippen LogP) is 3.46. The molecule has 0 saturated carbocycles. The first-order valence-electron chi connectivity index (χ1n) is 9.86. The van der Waals surface area contributed by atoms with Crippen molar-refractivity contribution in [2.45, 2.75) is 27.3 Å². The van der Waals surface area contributed by atoms with Gasteiger partial charge in [-0.15, -0.1) is 6.42 Å². The largest absolute Gasteiger partial charge is 0.356 e. The van der Waals surface area contributed by atoms with E-state index in [1.807, 2.05) is 11.0 Å². The second kappa shape index (κ2) is 8.89. The van der Waals surface area contributed by atoms with Gasteiger partial charge in [-0.2, -0.15) is 0 Å². The molecular formula is C23H23N5O4. The van der Waals surface area contributed by atoms with E-state index in [2.05, 4.69) is 21.2 Å². The van der Waals surface area contributed by atoms with Gasteiger partial charge in [-0.25, -0.2) is 4.98 Å². The third-order valence-corrected chi connectivity index (χ3v) is 4.76. The number of nitrogens with zero attached hydrogens (tertiary/aromatic N) is 3. The van der Waals surface area contributed by atoms with Gasteiger partial charge in [0, 0.05) is 29.8 Å². The van der Waals surface area contributed by atoms with Crippen LogP contribution in [0.3, 0.4) is 0 Å². The molecule has 9 heteroatoms. The van der Waals surface area contributed by atoms with Gasteiger partial charge in [0.2, 0.25) is 11.9 Å².